The van der Waals surface area contributed by atoms with Crippen LogP contribution in [0.3, 0.4) is 0 Å². The van der Waals surface area contributed by atoms with Crippen LogP contribution in [0.4, 0.5) is 0 Å². The van der Waals surface area contributed by atoms with Crippen molar-refractivity contribution in [1.29, 1.82) is 0 Å². The van der Waals surface area contributed by atoms with E-state index >= 15 is 0 Å². The number of hydrogen-bond donors (Lipinski definition) is 2. The Morgan fingerprint density at radius 3 is 1.18 bits per heavy atom. The zero-order valence-corrected chi connectivity index (χ0v) is 27.8. The fourth-order valence-electron chi connectivity index (χ4n) is 5.23. The summed E-state index contributed by atoms with van der Waals surface area (Å²) < 4.78 is 5.72. The van der Waals surface area contributed by atoms with Crippen molar-refractivity contribution in [1.82, 2.24) is 0 Å². The molecule has 0 aliphatic carbocycles. The van der Waals surface area contributed by atoms with Gasteiger partial charge in [0.2, 0.25) is 0 Å². The van der Waals surface area contributed by atoms with Crippen LogP contribution in [-0.2, 0) is 36.6 Å². The van der Waals surface area contributed by atoms with Crippen molar-refractivity contribution in [2.24, 2.45) is 0 Å². The van der Waals surface area contributed by atoms with Gasteiger partial charge < -0.3 is 14.9 Å². The maximum atomic E-state index is 13.4. The van der Waals surface area contributed by atoms with Crippen LogP contribution in [-0.4, -0.2) is 22.8 Å². The van der Waals surface area contributed by atoms with E-state index in [4.69, 9.17) is 4.74 Å². The molecule has 0 unspecified atom stereocenters. The summed E-state index contributed by atoms with van der Waals surface area (Å²) in [5.74, 6) is 0.377. The van der Waals surface area contributed by atoms with Gasteiger partial charge in [-0.25, -0.2) is 0 Å². The molecular formula is C36H56O4. The van der Waals surface area contributed by atoms with Gasteiger partial charge in [-0.2, -0.15) is 0 Å². The Bertz CT molecular complexity index is 1060. The molecule has 2 aromatic carbocycles. The smallest absolute Gasteiger partial charge is 0.307 e. The van der Waals surface area contributed by atoms with Gasteiger partial charge in [-0.3, -0.25) is 4.79 Å². The molecule has 224 valence electrons. The van der Waals surface area contributed by atoms with Crippen LogP contribution in [0, 0.1) is 0 Å². The molecular weight excluding hydrogens is 496 g/mol. The Morgan fingerprint density at radius 1 is 0.625 bits per heavy atom. The Hall–Kier alpha value is -2.49. The number of phenols is 2. The van der Waals surface area contributed by atoms with Crippen molar-refractivity contribution < 1.29 is 19.7 Å². The molecule has 0 fully saturated rings. The van der Waals surface area contributed by atoms with Crippen LogP contribution >= 0.6 is 0 Å². The molecule has 0 saturated carbocycles. The molecule has 2 aromatic rings. The van der Waals surface area contributed by atoms with E-state index in [0.717, 1.165) is 46.2 Å². The third-order valence-corrected chi connectivity index (χ3v) is 7.98. The summed E-state index contributed by atoms with van der Waals surface area (Å²) in [5.41, 5.74) is 3.29. The highest BCUT2D eigenvalue weighted by Gasteiger charge is 2.39. The Balaban J connectivity index is 3.05. The van der Waals surface area contributed by atoms with Crippen molar-refractivity contribution in [3.05, 3.63) is 57.6 Å². The Kier molecular flexibility index (Phi) is 9.62. The minimum atomic E-state index is -0.773. The molecule has 0 bridgehead atoms. The summed E-state index contributed by atoms with van der Waals surface area (Å²) in [6.45, 7) is 29.8. The van der Waals surface area contributed by atoms with Crippen molar-refractivity contribution in [2.75, 3.05) is 6.61 Å². The summed E-state index contributed by atoms with van der Waals surface area (Å²) in [6.07, 6.45) is 1.92. The average molecular weight is 553 g/mol. The lowest BCUT2D eigenvalue weighted by Gasteiger charge is -2.37. The van der Waals surface area contributed by atoms with E-state index in [2.05, 4.69) is 121 Å². The first-order valence-electron chi connectivity index (χ1n) is 14.9. The molecule has 2 N–H and O–H groups in total. The molecule has 0 aliphatic rings. The van der Waals surface area contributed by atoms with Crippen LogP contribution in [0.15, 0.2) is 24.3 Å². The molecule has 0 radical (unpaired) electrons. The molecule has 0 spiro atoms. The van der Waals surface area contributed by atoms with E-state index in [-0.39, 0.29) is 34.1 Å². The second kappa shape index (κ2) is 11.4. The number of unbranched alkanes of at least 4 members (excludes halogenated alkanes) is 1. The molecule has 0 aromatic heterocycles. The first kappa shape index (κ1) is 33.7. The van der Waals surface area contributed by atoms with Crippen LogP contribution < -0.4 is 0 Å². The van der Waals surface area contributed by atoms with Gasteiger partial charge in [-0.15, -0.1) is 0 Å². The van der Waals surface area contributed by atoms with Crippen molar-refractivity contribution in [3.8, 4) is 11.5 Å². The van der Waals surface area contributed by atoms with E-state index in [1.807, 2.05) is 0 Å². The lowest BCUT2D eigenvalue weighted by atomic mass is 9.67. The van der Waals surface area contributed by atoms with Gasteiger partial charge in [0.25, 0.3) is 0 Å². The van der Waals surface area contributed by atoms with E-state index in [9.17, 15) is 15.0 Å². The fraction of sp³-hybridized carbons (Fsp3) is 0.639. The van der Waals surface area contributed by atoms with Crippen LogP contribution in [0.2, 0.25) is 0 Å². The number of carbonyl (C=O) groups excluding carboxylic acids is 1. The highest BCUT2D eigenvalue weighted by atomic mass is 16.5. The standard InChI is InChI=1S/C36H56O4/c1-15-16-17-40-29(37)22-36(14,23-18-25(32(2,3)4)30(38)26(19-23)33(5,6)7)24-20-27(34(8,9)10)31(39)28(21-24)35(11,12)13/h18-21,38-39H,15-17,22H2,1-14H3. The van der Waals surface area contributed by atoms with E-state index in [0.29, 0.717) is 18.1 Å². The quantitative estimate of drug-likeness (QED) is 0.265. The predicted octanol–water partition coefficient (Wildman–Crippen LogP) is 9.33. The number of phenolic OH excluding ortho intramolecular Hbond substituents is 2. The molecule has 0 aliphatic heterocycles. The van der Waals surface area contributed by atoms with Gasteiger partial charge in [-0.05, 0) is 61.5 Å². The van der Waals surface area contributed by atoms with E-state index in [1.165, 1.54) is 0 Å². The predicted molar refractivity (Wildman–Crippen MR) is 168 cm³/mol. The maximum absolute atomic E-state index is 13.4. The number of aromatic hydroxyl groups is 2. The molecule has 0 heterocycles. The SMILES string of the molecule is CCCCOC(=O)CC(C)(c1cc(C(C)(C)C)c(O)c(C(C)(C)C)c1)c1cc(C(C)(C)C)c(O)c(C(C)(C)C)c1. The largest absolute Gasteiger partial charge is 0.507 e. The van der Waals surface area contributed by atoms with E-state index in [1.54, 1.807) is 0 Å². The molecule has 0 saturated heterocycles. The number of rotatable bonds is 7. The molecule has 0 atom stereocenters. The first-order valence-corrected chi connectivity index (χ1v) is 14.9. The summed E-state index contributed by atoms with van der Waals surface area (Å²) >= 11 is 0. The first-order chi connectivity index (χ1) is 17.9. The minimum Gasteiger partial charge on any atom is -0.507 e. The van der Waals surface area contributed by atoms with E-state index < -0.39 is 5.41 Å². The Labute approximate surface area is 244 Å². The van der Waals surface area contributed by atoms with Crippen LogP contribution in [0.5, 0.6) is 11.5 Å². The van der Waals surface area contributed by atoms with Gasteiger partial charge in [0.15, 0.2) is 0 Å². The number of benzene rings is 2. The lowest BCUT2D eigenvalue weighted by molar-refractivity contribution is -0.144. The van der Waals surface area contributed by atoms with Gasteiger partial charge in [0.1, 0.15) is 11.5 Å². The van der Waals surface area contributed by atoms with Crippen molar-refractivity contribution in [3.63, 3.8) is 0 Å². The summed E-state index contributed by atoms with van der Waals surface area (Å²) in [4.78, 5) is 13.4. The third-order valence-electron chi connectivity index (χ3n) is 7.98. The second-order valence-electron chi connectivity index (χ2n) is 15.9. The van der Waals surface area contributed by atoms with Gasteiger partial charge in [-0.1, -0.05) is 128 Å². The molecule has 4 heteroatoms. The molecule has 0 amide bonds. The topological polar surface area (TPSA) is 66.8 Å². The zero-order valence-electron chi connectivity index (χ0n) is 27.8. The highest BCUT2D eigenvalue weighted by molar-refractivity contribution is 5.73. The number of ether oxygens (including phenoxy) is 1. The average Bonchev–Trinajstić information content (AvgIpc) is 2.76. The summed E-state index contributed by atoms with van der Waals surface area (Å²) in [7, 11) is 0. The minimum absolute atomic E-state index is 0.145. The van der Waals surface area contributed by atoms with Crippen LogP contribution in [0.25, 0.3) is 0 Å². The highest BCUT2D eigenvalue weighted by Crippen LogP contribution is 2.48. The van der Waals surface area contributed by atoms with Crippen LogP contribution in [0.1, 0.15) is 150 Å². The van der Waals surface area contributed by atoms with Gasteiger partial charge >= 0.3 is 5.97 Å². The molecule has 40 heavy (non-hydrogen) atoms. The molecule has 2 rings (SSSR count). The van der Waals surface area contributed by atoms with Gasteiger partial charge in [0.05, 0.1) is 13.0 Å². The molecule has 4 nitrogen and oxygen atoms in total. The number of carbonyl (C=O) groups is 1. The fourth-order valence-corrected chi connectivity index (χ4v) is 5.23. The monoisotopic (exact) mass is 552 g/mol. The Morgan fingerprint density at radius 2 is 0.925 bits per heavy atom. The summed E-state index contributed by atoms with van der Waals surface area (Å²) in [6, 6.07) is 8.29. The normalized spacial score (nSPS) is 13.4. The third kappa shape index (κ3) is 7.42. The number of esters is 1. The lowest BCUT2D eigenvalue weighted by Crippen LogP contribution is -2.31. The summed E-state index contributed by atoms with van der Waals surface area (Å²) in [5, 5.41) is 22.9. The second-order valence-corrected chi connectivity index (χ2v) is 15.9. The number of hydrogen-bond acceptors (Lipinski definition) is 4. The zero-order chi connectivity index (χ0) is 31.1. The van der Waals surface area contributed by atoms with Gasteiger partial charge in [0, 0.05) is 5.41 Å². The van der Waals surface area contributed by atoms with Crippen molar-refractivity contribution >= 4 is 5.97 Å². The maximum Gasteiger partial charge on any atom is 0.307 e. The van der Waals surface area contributed by atoms with Crippen molar-refractivity contribution in [2.45, 2.75) is 143 Å².